The van der Waals surface area contributed by atoms with Crippen LogP contribution in [0.1, 0.15) is 11.3 Å². The van der Waals surface area contributed by atoms with Crippen molar-refractivity contribution >= 4 is 34.9 Å². The van der Waals surface area contributed by atoms with E-state index < -0.39 is 11.4 Å². The van der Waals surface area contributed by atoms with Crippen molar-refractivity contribution < 1.29 is 4.39 Å². The largest absolute Gasteiger partial charge is 0.350 e. The zero-order valence-corrected chi connectivity index (χ0v) is 12.8. The normalized spacial score (nSPS) is 11.1. The van der Waals surface area contributed by atoms with Gasteiger partial charge >= 0.3 is 0 Å². The van der Waals surface area contributed by atoms with E-state index in [1.54, 1.807) is 13.0 Å². The van der Waals surface area contributed by atoms with E-state index in [0.717, 1.165) is 4.52 Å². The first-order chi connectivity index (χ1) is 10.5. The second kappa shape index (κ2) is 5.58. The standard InChI is InChI=1S/C13H10Cl2FN5O/c1-6-10(15)11(22)21-13(18-6)19-12(20-21)17-5-7-8(14)3-2-4-9(7)16/h2-4H,5H2,1H3,(H2,17,18,19,20). The molecular formula is C13H10Cl2FN5O. The van der Waals surface area contributed by atoms with Gasteiger partial charge in [0.25, 0.3) is 11.3 Å². The Balaban J connectivity index is 1.92. The Morgan fingerprint density at radius 1 is 1.36 bits per heavy atom. The van der Waals surface area contributed by atoms with Crippen LogP contribution in [-0.2, 0) is 6.54 Å². The Kier molecular flexibility index (Phi) is 3.76. The van der Waals surface area contributed by atoms with Gasteiger partial charge < -0.3 is 5.32 Å². The molecule has 9 heteroatoms. The average Bonchev–Trinajstić information content (AvgIpc) is 2.87. The molecule has 0 saturated carbocycles. The number of rotatable bonds is 3. The number of nitrogens with one attached hydrogen (secondary N) is 2. The molecule has 2 aromatic heterocycles. The van der Waals surface area contributed by atoms with Crippen molar-refractivity contribution in [3.63, 3.8) is 0 Å². The fourth-order valence-corrected chi connectivity index (χ4v) is 2.31. The molecule has 22 heavy (non-hydrogen) atoms. The van der Waals surface area contributed by atoms with Crippen LogP contribution >= 0.6 is 23.2 Å². The molecule has 0 saturated heterocycles. The van der Waals surface area contributed by atoms with Crippen LogP contribution in [0.5, 0.6) is 0 Å². The van der Waals surface area contributed by atoms with Crippen molar-refractivity contribution in [3.8, 4) is 0 Å². The minimum Gasteiger partial charge on any atom is -0.350 e. The van der Waals surface area contributed by atoms with Crippen LogP contribution in [0.2, 0.25) is 10.0 Å². The van der Waals surface area contributed by atoms with Crippen LogP contribution in [-0.4, -0.2) is 19.6 Å². The molecule has 6 nitrogen and oxygen atoms in total. The molecule has 1 aromatic carbocycles. The van der Waals surface area contributed by atoms with Gasteiger partial charge in [0, 0.05) is 17.1 Å². The highest BCUT2D eigenvalue weighted by Crippen LogP contribution is 2.19. The summed E-state index contributed by atoms with van der Waals surface area (Å²) in [5.41, 5.74) is 0.245. The smallest absolute Gasteiger partial charge is 0.293 e. The van der Waals surface area contributed by atoms with E-state index in [2.05, 4.69) is 20.4 Å². The Morgan fingerprint density at radius 2 is 2.14 bits per heavy atom. The van der Waals surface area contributed by atoms with Gasteiger partial charge in [-0.3, -0.25) is 9.89 Å². The lowest BCUT2D eigenvalue weighted by molar-refractivity contribution is 0.613. The molecule has 0 aliphatic heterocycles. The summed E-state index contributed by atoms with van der Waals surface area (Å²) in [6, 6.07) is 4.43. The molecule has 2 heterocycles. The molecule has 0 fully saturated rings. The molecule has 0 radical (unpaired) electrons. The highest BCUT2D eigenvalue weighted by atomic mass is 35.5. The third-order valence-corrected chi connectivity index (χ3v) is 3.89. The van der Waals surface area contributed by atoms with Crippen LogP contribution in [0.3, 0.4) is 0 Å². The molecule has 0 atom stereocenters. The van der Waals surface area contributed by atoms with Crippen LogP contribution in [0.4, 0.5) is 10.3 Å². The van der Waals surface area contributed by atoms with Crippen LogP contribution in [0, 0.1) is 12.7 Å². The Bertz CT molecular complexity index is 900. The quantitative estimate of drug-likeness (QED) is 0.768. The SMILES string of the molecule is Cc1nc2nc(NCc3c(F)cccc3Cl)[nH]n2c(=O)c1Cl. The van der Waals surface area contributed by atoms with Crippen molar-refractivity contribution in [1.82, 2.24) is 19.6 Å². The second-order valence-corrected chi connectivity index (χ2v) is 5.36. The predicted octanol–water partition coefficient (Wildman–Crippen LogP) is 2.78. The Hall–Kier alpha value is -2.12. The summed E-state index contributed by atoms with van der Waals surface area (Å²) in [5, 5.41) is 5.90. The summed E-state index contributed by atoms with van der Waals surface area (Å²) in [7, 11) is 0. The number of fused-ring (bicyclic) bond motifs is 1. The van der Waals surface area contributed by atoms with Gasteiger partial charge in [0.1, 0.15) is 10.8 Å². The lowest BCUT2D eigenvalue weighted by Gasteiger charge is -2.06. The van der Waals surface area contributed by atoms with E-state index in [-0.39, 0.29) is 23.3 Å². The first-order valence-corrected chi connectivity index (χ1v) is 7.04. The van der Waals surface area contributed by atoms with Crippen LogP contribution in [0.25, 0.3) is 5.78 Å². The van der Waals surface area contributed by atoms with Gasteiger partial charge in [-0.1, -0.05) is 29.3 Å². The third kappa shape index (κ3) is 2.53. The molecule has 0 aliphatic rings. The zero-order chi connectivity index (χ0) is 15.9. The predicted molar refractivity (Wildman–Crippen MR) is 82.1 cm³/mol. The number of aryl methyl sites for hydroxylation is 1. The van der Waals surface area contributed by atoms with Gasteiger partial charge in [0.2, 0.25) is 5.95 Å². The second-order valence-electron chi connectivity index (χ2n) is 4.58. The minimum atomic E-state index is -0.450. The van der Waals surface area contributed by atoms with Crippen molar-refractivity contribution in [2.24, 2.45) is 0 Å². The maximum atomic E-state index is 13.7. The first-order valence-electron chi connectivity index (χ1n) is 6.29. The zero-order valence-electron chi connectivity index (χ0n) is 11.3. The lowest BCUT2D eigenvalue weighted by atomic mass is 10.2. The van der Waals surface area contributed by atoms with E-state index in [9.17, 15) is 9.18 Å². The highest BCUT2D eigenvalue weighted by Gasteiger charge is 2.12. The first kappa shape index (κ1) is 14.8. The van der Waals surface area contributed by atoms with E-state index >= 15 is 0 Å². The van der Waals surface area contributed by atoms with Gasteiger partial charge in [-0.15, -0.1) is 0 Å². The monoisotopic (exact) mass is 341 g/mol. The number of aromatic nitrogens is 4. The van der Waals surface area contributed by atoms with E-state index in [0.29, 0.717) is 16.3 Å². The maximum absolute atomic E-state index is 13.7. The van der Waals surface area contributed by atoms with Gasteiger partial charge in [-0.25, -0.2) is 9.37 Å². The summed E-state index contributed by atoms with van der Waals surface area (Å²) in [4.78, 5) is 20.2. The number of hydrogen-bond donors (Lipinski definition) is 2. The van der Waals surface area contributed by atoms with E-state index in [4.69, 9.17) is 23.2 Å². The maximum Gasteiger partial charge on any atom is 0.293 e. The van der Waals surface area contributed by atoms with Gasteiger partial charge in [0.05, 0.1) is 5.69 Å². The Morgan fingerprint density at radius 3 is 2.86 bits per heavy atom. The number of benzene rings is 1. The van der Waals surface area contributed by atoms with Crippen molar-refractivity contribution in [2.45, 2.75) is 13.5 Å². The van der Waals surface area contributed by atoms with Gasteiger partial charge in [0.15, 0.2) is 0 Å². The van der Waals surface area contributed by atoms with E-state index in [1.165, 1.54) is 12.1 Å². The number of H-pyrrole nitrogens is 1. The fourth-order valence-electron chi connectivity index (χ4n) is 1.95. The molecule has 0 amide bonds. The topological polar surface area (TPSA) is 75.1 Å². The molecule has 0 spiro atoms. The molecule has 0 bridgehead atoms. The fraction of sp³-hybridized carbons (Fsp3) is 0.154. The number of nitrogens with zero attached hydrogens (tertiary/aromatic N) is 3. The number of hydrogen-bond acceptors (Lipinski definition) is 4. The average molecular weight is 342 g/mol. The van der Waals surface area contributed by atoms with Crippen molar-refractivity contribution in [3.05, 3.63) is 55.7 Å². The van der Waals surface area contributed by atoms with E-state index in [1.807, 2.05) is 0 Å². The summed E-state index contributed by atoms with van der Waals surface area (Å²) in [6.45, 7) is 1.72. The van der Waals surface area contributed by atoms with Gasteiger partial charge in [-0.05, 0) is 19.1 Å². The third-order valence-electron chi connectivity index (χ3n) is 3.10. The molecule has 3 aromatic rings. The molecule has 114 valence electrons. The van der Waals surface area contributed by atoms with Crippen molar-refractivity contribution in [2.75, 3.05) is 5.32 Å². The van der Waals surface area contributed by atoms with Gasteiger partial charge in [-0.2, -0.15) is 9.50 Å². The molecular weight excluding hydrogens is 332 g/mol. The molecule has 2 N–H and O–H groups in total. The number of anilines is 1. The molecule has 3 rings (SSSR count). The Labute approximate surface area is 133 Å². The summed E-state index contributed by atoms with van der Waals surface area (Å²) in [6.07, 6.45) is 0. The molecule has 0 aliphatic carbocycles. The minimum absolute atomic E-state index is 0.0184. The summed E-state index contributed by atoms with van der Waals surface area (Å²) < 4.78 is 14.8. The van der Waals surface area contributed by atoms with Crippen LogP contribution in [0.15, 0.2) is 23.0 Å². The summed E-state index contributed by atoms with van der Waals surface area (Å²) in [5.74, 6) is 0.00455. The number of aromatic amines is 1. The lowest BCUT2D eigenvalue weighted by Crippen LogP contribution is -2.17. The number of halogens is 3. The van der Waals surface area contributed by atoms with Crippen molar-refractivity contribution in [1.29, 1.82) is 0 Å². The summed E-state index contributed by atoms with van der Waals surface area (Å²) >= 11 is 11.8. The molecule has 0 unspecified atom stereocenters. The van der Waals surface area contributed by atoms with Crippen LogP contribution < -0.4 is 10.9 Å². The highest BCUT2D eigenvalue weighted by molar-refractivity contribution is 6.31.